The van der Waals surface area contributed by atoms with Crippen molar-refractivity contribution < 1.29 is 9.90 Å². The van der Waals surface area contributed by atoms with E-state index >= 15 is 0 Å². The van der Waals surface area contributed by atoms with Crippen LogP contribution in [0.15, 0.2) is 12.4 Å². The minimum atomic E-state index is -0.664. The first-order valence-corrected chi connectivity index (χ1v) is 5.85. The van der Waals surface area contributed by atoms with Crippen molar-refractivity contribution in [2.24, 2.45) is 0 Å². The topological polar surface area (TPSA) is 66.3 Å². The highest BCUT2D eigenvalue weighted by Gasteiger charge is 2.30. The molecule has 0 aromatic carbocycles. The van der Waals surface area contributed by atoms with Gasteiger partial charge < -0.3 is 10.0 Å². The quantitative estimate of drug-likeness (QED) is 0.817. The summed E-state index contributed by atoms with van der Waals surface area (Å²) < 4.78 is 0. The summed E-state index contributed by atoms with van der Waals surface area (Å²) in [6.45, 7) is 2.86. The summed E-state index contributed by atoms with van der Waals surface area (Å²) in [4.78, 5) is 21.5. The second kappa shape index (κ2) is 4.58. The normalized spacial score (nSPS) is 19.1. The van der Waals surface area contributed by atoms with E-state index < -0.39 is 5.60 Å². The number of nitrogens with zero attached hydrogens (tertiary/aromatic N) is 3. The number of carbonyl (C=O) groups excluding carboxylic acids is 1. The minimum absolute atomic E-state index is 0.162. The molecule has 0 spiro atoms. The van der Waals surface area contributed by atoms with Crippen LogP contribution in [-0.4, -0.2) is 44.6 Å². The van der Waals surface area contributed by atoms with Gasteiger partial charge in [0.1, 0.15) is 10.8 Å². The molecule has 0 saturated carbocycles. The Kier molecular flexibility index (Phi) is 3.31. The number of hydrogen-bond donors (Lipinski definition) is 1. The maximum atomic E-state index is 12.0. The third kappa shape index (κ3) is 2.92. The first kappa shape index (κ1) is 12.3. The van der Waals surface area contributed by atoms with Crippen LogP contribution in [0.25, 0.3) is 0 Å². The molecular formula is C11H14ClN3O2. The van der Waals surface area contributed by atoms with Crippen molar-refractivity contribution in [1.82, 2.24) is 14.9 Å². The SMILES string of the molecule is CC1(O)CCN(C(=O)c2cnc(Cl)cn2)CC1. The summed E-state index contributed by atoms with van der Waals surface area (Å²) in [7, 11) is 0. The molecule has 0 radical (unpaired) electrons. The Morgan fingerprint density at radius 3 is 2.59 bits per heavy atom. The molecule has 1 aliphatic heterocycles. The van der Waals surface area contributed by atoms with Crippen LogP contribution in [0.4, 0.5) is 0 Å². The van der Waals surface area contributed by atoms with E-state index in [1.807, 2.05) is 0 Å². The summed E-state index contributed by atoms with van der Waals surface area (Å²) in [5.41, 5.74) is -0.376. The molecule has 17 heavy (non-hydrogen) atoms. The molecule has 1 aromatic rings. The van der Waals surface area contributed by atoms with Gasteiger partial charge >= 0.3 is 0 Å². The fourth-order valence-electron chi connectivity index (χ4n) is 1.78. The van der Waals surface area contributed by atoms with E-state index in [0.29, 0.717) is 25.9 Å². The van der Waals surface area contributed by atoms with Crippen LogP contribution in [0.2, 0.25) is 5.15 Å². The van der Waals surface area contributed by atoms with Crippen molar-refractivity contribution in [2.75, 3.05) is 13.1 Å². The van der Waals surface area contributed by atoms with E-state index in [0.717, 1.165) is 0 Å². The molecule has 1 saturated heterocycles. The van der Waals surface area contributed by atoms with E-state index in [1.165, 1.54) is 12.4 Å². The Hall–Kier alpha value is -1.20. The zero-order valence-electron chi connectivity index (χ0n) is 9.56. The molecule has 0 atom stereocenters. The van der Waals surface area contributed by atoms with Crippen LogP contribution in [0.3, 0.4) is 0 Å². The number of rotatable bonds is 1. The number of piperidine rings is 1. The third-order valence-corrected chi connectivity index (χ3v) is 3.16. The fourth-order valence-corrected chi connectivity index (χ4v) is 1.87. The Morgan fingerprint density at radius 2 is 2.06 bits per heavy atom. The van der Waals surface area contributed by atoms with Gasteiger partial charge in [0.05, 0.1) is 18.0 Å². The van der Waals surface area contributed by atoms with Crippen LogP contribution in [0.5, 0.6) is 0 Å². The highest BCUT2D eigenvalue weighted by atomic mass is 35.5. The van der Waals surface area contributed by atoms with Gasteiger partial charge in [0, 0.05) is 13.1 Å². The number of halogens is 1. The van der Waals surface area contributed by atoms with Crippen LogP contribution >= 0.6 is 11.6 Å². The fraction of sp³-hybridized carbons (Fsp3) is 0.545. The summed E-state index contributed by atoms with van der Waals surface area (Å²) in [5, 5.41) is 10.1. The van der Waals surface area contributed by atoms with Gasteiger partial charge in [-0.2, -0.15) is 0 Å². The van der Waals surface area contributed by atoms with Crippen LogP contribution in [0.1, 0.15) is 30.3 Å². The number of aliphatic hydroxyl groups is 1. The van der Waals surface area contributed by atoms with Crippen molar-refractivity contribution >= 4 is 17.5 Å². The van der Waals surface area contributed by atoms with Crippen LogP contribution in [0, 0.1) is 0 Å². The molecule has 2 rings (SSSR count). The molecule has 0 bridgehead atoms. The van der Waals surface area contributed by atoms with Crippen molar-refractivity contribution in [2.45, 2.75) is 25.4 Å². The highest BCUT2D eigenvalue weighted by Crippen LogP contribution is 2.22. The predicted octanol–water partition coefficient (Wildman–Crippen LogP) is 1.12. The van der Waals surface area contributed by atoms with Gasteiger partial charge in [-0.25, -0.2) is 9.97 Å². The Labute approximate surface area is 104 Å². The highest BCUT2D eigenvalue weighted by molar-refractivity contribution is 6.29. The number of hydrogen-bond acceptors (Lipinski definition) is 4. The maximum Gasteiger partial charge on any atom is 0.274 e. The van der Waals surface area contributed by atoms with Crippen molar-refractivity contribution in [3.63, 3.8) is 0 Å². The number of aromatic nitrogens is 2. The van der Waals surface area contributed by atoms with Crippen molar-refractivity contribution in [3.05, 3.63) is 23.2 Å². The molecular weight excluding hydrogens is 242 g/mol. The molecule has 1 aliphatic rings. The third-order valence-electron chi connectivity index (χ3n) is 2.97. The van der Waals surface area contributed by atoms with Crippen LogP contribution < -0.4 is 0 Å². The average molecular weight is 256 g/mol. The molecule has 92 valence electrons. The monoisotopic (exact) mass is 255 g/mol. The average Bonchev–Trinajstić information content (AvgIpc) is 2.29. The lowest BCUT2D eigenvalue weighted by molar-refractivity contribution is -0.00220. The largest absolute Gasteiger partial charge is 0.390 e. The Balaban J connectivity index is 2.04. The summed E-state index contributed by atoms with van der Waals surface area (Å²) in [6.07, 6.45) is 3.89. The molecule has 5 nitrogen and oxygen atoms in total. The van der Waals surface area contributed by atoms with Gasteiger partial charge in [0.25, 0.3) is 5.91 Å². The molecule has 0 aliphatic carbocycles. The van der Waals surface area contributed by atoms with E-state index in [9.17, 15) is 9.90 Å². The van der Waals surface area contributed by atoms with Crippen molar-refractivity contribution in [3.8, 4) is 0 Å². The van der Waals surface area contributed by atoms with E-state index in [-0.39, 0.29) is 16.8 Å². The molecule has 1 aromatic heterocycles. The second-order valence-electron chi connectivity index (χ2n) is 4.51. The summed E-state index contributed by atoms with van der Waals surface area (Å²) in [5.74, 6) is -0.162. The molecule has 0 unspecified atom stereocenters. The van der Waals surface area contributed by atoms with E-state index in [1.54, 1.807) is 11.8 Å². The second-order valence-corrected chi connectivity index (χ2v) is 4.90. The number of likely N-dealkylation sites (tertiary alicyclic amines) is 1. The van der Waals surface area contributed by atoms with E-state index in [4.69, 9.17) is 11.6 Å². The standard InChI is InChI=1S/C11H14ClN3O2/c1-11(17)2-4-15(5-3-11)10(16)8-6-14-9(12)7-13-8/h6-7,17H,2-5H2,1H3. The minimum Gasteiger partial charge on any atom is -0.390 e. The Bertz CT molecular complexity index is 409. The number of amides is 1. The molecule has 1 fully saturated rings. The van der Waals surface area contributed by atoms with Gasteiger partial charge in [-0.1, -0.05) is 11.6 Å². The smallest absolute Gasteiger partial charge is 0.274 e. The molecule has 2 heterocycles. The van der Waals surface area contributed by atoms with Crippen LogP contribution in [-0.2, 0) is 0 Å². The lowest BCUT2D eigenvalue weighted by Crippen LogP contribution is -2.45. The summed E-state index contributed by atoms with van der Waals surface area (Å²) >= 11 is 5.61. The first-order valence-electron chi connectivity index (χ1n) is 5.47. The van der Waals surface area contributed by atoms with Gasteiger partial charge in [-0.05, 0) is 19.8 Å². The van der Waals surface area contributed by atoms with Gasteiger partial charge in [0.15, 0.2) is 0 Å². The van der Waals surface area contributed by atoms with Gasteiger partial charge in [-0.3, -0.25) is 4.79 Å². The zero-order valence-corrected chi connectivity index (χ0v) is 10.3. The number of carbonyl (C=O) groups is 1. The lowest BCUT2D eigenvalue weighted by atomic mass is 9.94. The predicted molar refractivity (Wildman–Crippen MR) is 62.8 cm³/mol. The Morgan fingerprint density at radius 1 is 1.41 bits per heavy atom. The molecule has 1 amide bonds. The zero-order chi connectivity index (χ0) is 12.5. The molecule has 6 heteroatoms. The maximum absolute atomic E-state index is 12.0. The van der Waals surface area contributed by atoms with Gasteiger partial charge in [-0.15, -0.1) is 0 Å². The van der Waals surface area contributed by atoms with Gasteiger partial charge in [0.2, 0.25) is 0 Å². The molecule has 1 N–H and O–H groups in total. The summed E-state index contributed by atoms with van der Waals surface area (Å²) in [6, 6.07) is 0. The van der Waals surface area contributed by atoms with E-state index in [2.05, 4.69) is 9.97 Å². The first-order chi connectivity index (χ1) is 7.98. The van der Waals surface area contributed by atoms with Crippen molar-refractivity contribution in [1.29, 1.82) is 0 Å². The lowest BCUT2D eigenvalue weighted by Gasteiger charge is -2.35.